The Morgan fingerprint density at radius 1 is 1.21 bits per heavy atom. The molecular formula is C14H17ClN4O2S3. The Labute approximate surface area is 155 Å². The minimum Gasteiger partial charge on any atom is -0.282 e. The van der Waals surface area contributed by atoms with Gasteiger partial charge in [-0.15, -0.1) is 0 Å². The van der Waals surface area contributed by atoms with Gasteiger partial charge in [-0.2, -0.15) is 9.40 Å². The molecule has 2 heterocycles. The smallest absolute Gasteiger partial charge is 0.243 e. The van der Waals surface area contributed by atoms with E-state index in [2.05, 4.69) is 10.00 Å². The molecule has 0 N–H and O–H groups in total. The van der Waals surface area contributed by atoms with Crippen molar-refractivity contribution >= 4 is 45.2 Å². The van der Waals surface area contributed by atoms with E-state index in [9.17, 15) is 8.42 Å². The summed E-state index contributed by atoms with van der Waals surface area (Å²) < 4.78 is 29.3. The predicted octanol–water partition coefficient (Wildman–Crippen LogP) is 2.60. The summed E-state index contributed by atoms with van der Waals surface area (Å²) >= 11 is 12.6. The number of aryl methyl sites for hydroxylation is 1. The second-order valence-electron chi connectivity index (χ2n) is 5.50. The first-order valence-corrected chi connectivity index (χ1v) is 10.4. The van der Waals surface area contributed by atoms with Gasteiger partial charge in [0.25, 0.3) is 0 Å². The molecule has 10 heteroatoms. The zero-order valence-corrected chi connectivity index (χ0v) is 16.3. The molecule has 24 heavy (non-hydrogen) atoms. The SMILES string of the molecule is Cc1nn(CN2CCN(S(=O)(=O)c3ccc(Cl)cc3)CC2)c(=S)s1. The third-order valence-corrected chi connectivity index (χ3v) is 7.21. The van der Waals surface area contributed by atoms with Crippen molar-refractivity contribution in [2.45, 2.75) is 18.5 Å². The molecule has 0 aliphatic carbocycles. The molecule has 0 bridgehead atoms. The standard InChI is InChI=1S/C14H17ClN4O2S3/c1-11-16-19(14(22)23-11)10-17-6-8-18(9-7-17)24(20,21)13-4-2-12(15)3-5-13/h2-5H,6-10H2,1H3. The number of halogens is 1. The van der Waals surface area contributed by atoms with Crippen LogP contribution in [0.15, 0.2) is 29.2 Å². The lowest BCUT2D eigenvalue weighted by atomic mass is 10.4. The van der Waals surface area contributed by atoms with Crippen molar-refractivity contribution in [2.75, 3.05) is 26.2 Å². The maximum atomic E-state index is 12.7. The fraction of sp³-hybridized carbons (Fsp3) is 0.429. The van der Waals surface area contributed by atoms with Gasteiger partial charge in [-0.05, 0) is 43.4 Å². The summed E-state index contributed by atoms with van der Waals surface area (Å²) in [5.41, 5.74) is 0. The summed E-state index contributed by atoms with van der Waals surface area (Å²) in [5, 5.41) is 5.83. The molecule has 1 saturated heterocycles. The van der Waals surface area contributed by atoms with Crippen LogP contribution in [0.25, 0.3) is 0 Å². The van der Waals surface area contributed by atoms with E-state index < -0.39 is 10.0 Å². The van der Waals surface area contributed by atoms with E-state index in [1.165, 1.54) is 15.6 Å². The molecule has 0 amide bonds. The van der Waals surface area contributed by atoms with Crippen LogP contribution in [-0.4, -0.2) is 53.6 Å². The highest BCUT2D eigenvalue weighted by Gasteiger charge is 2.28. The number of hydrogen-bond donors (Lipinski definition) is 0. The third-order valence-electron chi connectivity index (χ3n) is 3.82. The monoisotopic (exact) mass is 404 g/mol. The lowest BCUT2D eigenvalue weighted by Crippen LogP contribution is -2.48. The number of aromatic nitrogens is 2. The van der Waals surface area contributed by atoms with Crippen LogP contribution in [0.4, 0.5) is 0 Å². The summed E-state index contributed by atoms with van der Waals surface area (Å²) in [6.45, 7) is 4.70. The number of piperazine rings is 1. The Bertz CT molecular complexity index is 868. The van der Waals surface area contributed by atoms with Gasteiger partial charge < -0.3 is 0 Å². The first kappa shape index (κ1) is 18.0. The summed E-state index contributed by atoms with van der Waals surface area (Å²) in [5.74, 6) is 0. The van der Waals surface area contributed by atoms with Gasteiger partial charge in [0.2, 0.25) is 10.0 Å². The first-order valence-electron chi connectivity index (χ1n) is 7.39. The second-order valence-corrected chi connectivity index (χ2v) is 9.71. The molecule has 6 nitrogen and oxygen atoms in total. The lowest BCUT2D eigenvalue weighted by Gasteiger charge is -2.33. The molecule has 1 aliphatic heterocycles. The first-order chi connectivity index (χ1) is 11.4. The van der Waals surface area contributed by atoms with Crippen LogP contribution in [0.3, 0.4) is 0 Å². The highest BCUT2D eigenvalue weighted by Crippen LogP contribution is 2.20. The van der Waals surface area contributed by atoms with Gasteiger partial charge >= 0.3 is 0 Å². The van der Waals surface area contributed by atoms with Crippen LogP contribution >= 0.6 is 35.2 Å². The summed E-state index contributed by atoms with van der Waals surface area (Å²) in [6, 6.07) is 6.27. The van der Waals surface area contributed by atoms with Crippen molar-refractivity contribution in [3.63, 3.8) is 0 Å². The Hall–Kier alpha value is -0.840. The highest BCUT2D eigenvalue weighted by molar-refractivity contribution is 7.89. The topological polar surface area (TPSA) is 58.4 Å². The van der Waals surface area contributed by atoms with E-state index in [1.54, 1.807) is 28.9 Å². The second kappa shape index (κ2) is 7.19. The summed E-state index contributed by atoms with van der Waals surface area (Å²) in [4.78, 5) is 2.43. The van der Waals surface area contributed by atoms with Gasteiger partial charge in [-0.3, -0.25) is 4.90 Å². The normalized spacial score (nSPS) is 17.2. The number of benzene rings is 1. The fourth-order valence-corrected chi connectivity index (χ4v) is 5.16. The van der Waals surface area contributed by atoms with E-state index in [0.29, 0.717) is 37.9 Å². The average molecular weight is 405 g/mol. The molecule has 0 unspecified atom stereocenters. The van der Waals surface area contributed by atoms with Crippen LogP contribution in [0, 0.1) is 10.9 Å². The van der Waals surface area contributed by atoms with Crippen LogP contribution in [0.5, 0.6) is 0 Å². The minimum atomic E-state index is -3.47. The molecule has 1 aliphatic rings. The predicted molar refractivity (Wildman–Crippen MR) is 97.5 cm³/mol. The summed E-state index contributed by atoms with van der Waals surface area (Å²) in [6.07, 6.45) is 0. The molecule has 0 atom stereocenters. The highest BCUT2D eigenvalue weighted by atomic mass is 35.5. The number of nitrogens with zero attached hydrogens (tertiary/aromatic N) is 4. The maximum Gasteiger partial charge on any atom is 0.243 e. The average Bonchev–Trinajstić information content (AvgIpc) is 2.86. The van der Waals surface area contributed by atoms with Crippen molar-refractivity contribution in [3.05, 3.63) is 38.3 Å². The fourth-order valence-electron chi connectivity index (χ4n) is 2.56. The van der Waals surface area contributed by atoms with Crippen molar-refractivity contribution in [1.82, 2.24) is 19.0 Å². The van der Waals surface area contributed by atoms with E-state index >= 15 is 0 Å². The Balaban J connectivity index is 1.65. The van der Waals surface area contributed by atoms with E-state index in [0.717, 1.165) is 8.96 Å². The third kappa shape index (κ3) is 3.87. The Morgan fingerprint density at radius 3 is 2.38 bits per heavy atom. The largest absolute Gasteiger partial charge is 0.282 e. The molecule has 1 fully saturated rings. The van der Waals surface area contributed by atoms with Gasteiger partial charge in [-0.25, -0.2) is 13.1 Å². The molecule has 3 rings (SSSR count). The van der Waals surface area contributed by atoms with Crippen LogP contribution in [-0.2, 0) is 16.7 Å². The molecule has 0 spiro atoms. The van der Waals surface area contributed by atoms with Gasteiger partial charge in [0.15, 0.2) is 3.95 Å². The summed E-state index contributed by atoms with van der Waals surface area (Å²) in [7, 11) is -3.47. The molecule has 2 aromatic rings. The lowest BCUT2D eigenvalue weighted by molar-refractivity contribution is 0.145. The zero-order valence-electron chi connectivity index (χ0n) is 13.1. The van der Waals surface area contributed by atoms with Gasteiger partial charge in [0.1, 0.15) is 5.01 Å². The minimum absolute atomic E-state index is 0.276. The van der Waals surface area contributed by atoms with Crippen molar-refractivity contribution in [3.8, 4) is 0 Å². The Kier molecular flexibility index (Phi) is 5.38. The molecule has 130 valence electrons. The molecule has 0 radical (unpaired) electrons. The van der Waals surface area contributed by atoms with Crippen molar-refractivity contribution < 1.29 is 8.42 Å². The molecular weight excluding hydrogens is 388 g/mol. The van der Waals surface area contributed by atoms with Gasteiger partial charge in [-0.1, -0.05) is 22.9 Å². The van der Waals surface area contributed by atoms with Crippen LogP contribution in [0.1, 0.15) is 5.01 Å². The zero-order chi connectivity index (χ0) is 17.3. The van der Waals surface area contributed by atoms with E-state index in [4.69, 9.17) is 23.8 Å². The van der Waals surface area contributed by atoms with Crippen LogP contribution in [0.2, 0.25) is 5.02 Å². The molecule has 1 aromatic heterocycles. The van der Waals surface area contributed by atoms with E-state index in [1.807, 2.05) is 6.92 Å². The number of rotatable bonds is 4. The Morgan fingerprint density at radius 2 is 1.83 bits per heavy atom. The van der Waals surface area contributed by atoms with Crippen LogP contribution < -0.4 is 0 Å². The van der Waals surface area contributed by atoms with Gasteiger partial charge in [0.05, 0.1) is 11.6 Å². The molecule has 1 aromatic carbocycles. The van der Waals surface area contributed by atoms with Gasteiger partial charge in [0, 0.05) is 31.2 Å². The van der Waals surface area contributed by atoms with Crippen molar-refractivity contribution in [2.24, 2.45) is 0 Å². The maximum absolute atomic E-state index is 12.7. The quantitative estimate of drug-likeness (QED) is 0.733. The molecule has 0 saturated carbocycles. The van der Waals surface area contributed by atoms with E-state index in [-0.39, 0.29) is 4.90 Å². The number of hydrogen-bond acceptors (Lipinski definition) is 6. The van der Waals surface area contributed by atoms with Crippen molar-refractivity contribution in [1.29, 1.82) is 0 Å². The number of sulfonamides is 1.